The molecule has 1 fully saturated rings. The van der Waals surface area contributed by atoms with Crippen LogP contribution in [-0.2, 0) is 5.54 Å². The summed E-state index contributed by atoms with van der Waals surface area (Å²) in [6.07, 6.45) is 6.29. The van der Waals surface area contributed by atoms with Crippen LogP contribution in [0.25, 0.3) is 0 Å². The van der Waals surface area contributed by atoms with E-state index in [1.54, 1.807) is 0 Å². The van der Waals surface area contributed by atoms with Crippen molar-refractivity contribution in [3.05, 3.63) is 59.4 Å². The second-order valence-electron chi connectivity index (χ2n) is 5.59. The van der Waals surface area contributed by atoms with Crippen LogP contribution in [0.1, 0.15) is 31.4 Å². The minimum absolute atomic E-state index is 0.163. The second kappa shape index (κ2) is 6.63. The number of anilines is 1. The molecule has 1 heterocycles. The molecule has 0 aliphatic heterocycles. The topological polar surface area (TPSA) is 37.0 Å². The monoisotopic (exact) mass is 331 g/mol. The zero-order chi connectivity index (χ0) is 15.4. The number of aromatic nitrogens is 1. The molecular weight excluding hydrogens is 314 g/mol. The van der Waals surface area contributed by atoms with Gasteiger partial charge in [0.15, 0.2) is 5.11 Å². The molecule has 0 saturated heterocycles. The molecule has 0 atom stereocenters. The third-order valence-corrected chi connectivity index (χ3v) is 4.49. The van der Waals surface area contributed by atoms with Crippen LogP contribution in [0.2, 0.25) is 5.02 Å². The van der Waals surface area contributed by atoms with E-state index in [-0.39, 0.29) is 5.54 Å². The normalized spacial score (nSPS) is 16.2. The van der Waals surface area contributed by atoms with Crippen molar-refractivity contribution in [2.75, 3.05) is 5.32 Å². The molecule has 22 heavy (non-hydrogen) atoms. The number of hydrogen-bond acceptors (Lipinski definition) is 2. The minimum atomic E-state index is -0.163. The number of pyridine rings is 1. The lowest BCUT2D eigenvalue weighted by atomic mass is 9.93. The van der Waals surface area contributed by atoms with Crippen molar-refractivity contribution in [1.82, 2.24) is 10.3 Å². The highest BCUT2D eigenvalue weighted by Crippen LogP contribution is 2.37. The Bertz CT molecular complexity index is 654. The molecule has 1 aromatic carbocycles. The van der Waals surface area contributed by atoms with Crippen LogP contribution >= 0.6 is 23.8 Å². The Balaban J connectivity index is 1.76. The number of nitrogens with zero attached hydrogens (tertiary/aromatic N) is 1. The molecule has 114 valence electrons. The standard InChI is InChI=1S/C17H18ClN3S/c18-13-6-5-7-14(12-13)20-16(22)21-17(9-2-3-10-17)15-8-1-4-11-19-15/h1,4-8,11-12H,2-3,9-10H2,(H2,20,21,22). The summed E-state index contributed by atoms with van der Waals surface area (Å²) in [5.41, 5.74) is 1.78. The maximum Gasteiger partial charge on any atom is 0.171 e. The Kier molecular flexibility index (Phi) is 4.60. The lowest BCUT2D eigenvalue weighted by Gasteiger charge is -2.31. The first-order valence-corrected chi connectivity index (χ1v) is 8.23. The van der Waals surface area contributed by atoms with Crippen LogP contribution in [0.15, 0.2) is 48.7 Å². The van der Waals surface area contributed by atoms with Gasteiger partial charge in [0, 0.05) is 16.9 Å². The molecule has 1 aliphatic rings. The fraction of sp³-hybridized carbons (Fsp3) is 0.294. The molecular formula is C17H18ClN3S. The van der Waals surface area contributed by atoms with Gasteiger partial charge in [-0.05, 0) is 55.4 Å². The Labute approximate surface area is 141 Å². The van der Waals surface area contributed by atoms with E-state index in [0.29, 0.717) is 10.1 Å². The van der Waals surface area contributed by atoms with Gasteiger partial charge in [0.25, 0.3) is 0 Å². The Hall–Kier alpha value is -1.65. The predicted octanol–water partition coefficient (Wildman–Crippen LogP) is 4.49. The van der Waals surface area contributed by atoms with Crippen molar-refractivity contribution >= 4 is 34.6 Å². The summed E-state index contributed by atoms with van der Waals surface area (Å²) in [7, 11) is 0. The predicted molar refractivity (Wildman–Crippen MR) is 95.2 cm³/mol. The molecule has 3 rings (SSSR count). The quantitative estimate of drug-likeness (QED) is 0.812. The summed E-state index contributed by atoms with van der Waals surface area (Å²) in [6, 6.07) is 13.6. The zero-order valence-corrected chi connectivity index (χ0v) is 13.8. The van der Waals surface area contributed by atoms with Gasteiger partial charge < -0.3 is 10.6 Å². The van der Waals surface area contributed by atoms with Crippen molar-refractivity contribution in [2.45, 2.75) is 31.2 Å². The van der Waals surface area contributed by atoms with E-state index in [1.165, 1.54) is 12.8 Å². The van der Waals surface area contributed by atoms with Crippen molar-refractivity contribution in [1.29, 1.82) is 0 Å². The smallest absolute Gasteiger partial charge is 0.171 e. The van der Waals surface area contributed by atoms with Crippen LogP contribution in [0.4, 0.5) is 5.69 Å². The lowest BCUT2D eigenvalue weighted by molar-refractivity contribution is 0.396. The van der Waals surface area contributed by atoms with Crippen LogP contribution in [0.5, 0.6) is 0 Å². The molecule has 0 radical (unpaired) electrons. The molecule has 2 N–H and O–H groups in total. The van der Waals surface area contributed by atoms with Crippen LogP contribution in [-0.4, -0.2) is 10.1 Å². The highest BCUT2D eigenvalue weighted by molar-refractivity contribution is 7.80. The van der Waals surface area contributed by atoms with E-state index in [1.807, 2.05) is 42.6 Å². The average molecular weight is 332 g/mol. The van der Waals surface area contributed by atoms with E-state index >= 15 is 0 Å². The molecule has 0 unspecified atom stereocenters. The van der Waals surface area contributed by atoms with E-state index in [2.05, 4.69) is 21.7 Å². The molecule has 1 saturated carbocycles. The fourth-order valence-corrected chi connectivity index (χ4v) is 3.52. The Morgan fingerprint density at radius 1 is 1.14 bits per heavy atom. The highest BCUT2D eigenvalue weighted by atomic mass is 35.5. The van der Waals surface area contributed by atoms with E-state index < -0.39 is 0 Å². The van der Waals surface area contributed by atoms with Gasteiger partial charge in [0.05, 0.1) is 11.2 Å². The number of hydrogen-bond donors (Lipinski definition) is 2. The highest BCUT2D eigenvalue weighted by Gasteiger charge is 2.37. The number of halogens is 1. The first kappa shape index (κ1) is 15.3. The third-order valence-electron chi connectivity index (χ3n) is 4.05. The van der Waals surface area contributed by atoms with E-state index in [0.717, 1.165) is 24.2 Å². The Morgan fingerprint density at radius 2 is 1.95 bits per heavy atom. The number of rotatable bonds is 3. The molecule has 0 amide bonds. The van der Waals surface area contributed by atoms with Gasteiger partial charge in [0.2, 0.25) is 0 Å². The summed E-state index contributed by atoms with van der Waals surface area (Å²) in [4.78, 5) is 4.54. The third kappa shape index (κ3) is 3.39. The maximum absolute atomic E-state index is 6.01. The molecule has 3 nitrogen and oxygen atoms in total. The molecule has 2 aromatic rings. The first-order chi connectivity index (χ1) is 10.7. The molecule has 0 spiro atoms. The van der Waals surface area contributed by atoms with Gasteiger partial charge in [0.1, 0.15) is 0 Å². The van der Waals surface area contributed by atoms with E-state index in [4.69, 9.17) is 23.8 Å². The van der Waals surface area contributed by atoms with Crippen molar-refractivity contribution in [2.24, 2.45) is 0 Å². The minimum Gasteiger partial charge on any atom is -0.351 e. The van der Waals surface area contributed by atoms with Crippen molar-refractivity contribution < 1.29 is 0 Å². The number of benzene rings is 1. The summed E-state index contributed by atoms with van der Waals surface area (Å²) >= 11 is 11.5. The van der Waals surface area contributed by atoms with Crippen molar-refractivity contribution in [3.63, 3.8) is 0 Å². The molecule has 5 heteroatoms. The van der Waals surface area contributed by atoms with Crippen LogP contribution < -0.4 is 10.6 Å². The fourth-order valence-electron chi connectivity index (χ4n) is 3.02. The summed E-state index contributed by atoms with van der Waals surface area (Å²) in [5.74, 6) is 0. The van der Waals surface area contributed by atoms with Gasteiger partial charge in [-0.1, -0.05) is 36.6 Å². The van der Waals surface area contributed by atoms with Gasteiger partial charge in [-0.2, -0.15) is 0 Å². The largest absolute Gasteiger partial charge is 0.351 e. The summed E-state index contributed by atoms with van der Waals surface area (Å²) in [6.45, 7) is 0. The molecule has 0 bridgehead atoms. The summed E-state index contributed by atoms with van der Waals surface area (Å²) in [5, 5.41) is 8.00. The summed E-state index contributed by atoms with van der Waals surface area (Å²) < 4.78 is 0. The van der Waals surface area contributed by atoms with Gasteiger partial charge >= 0.3 is 0 Å². The van der Waals surface area contributed by atoms with Gasteiger partial charge in [-0.3, -0.25) is 4.98 Å². The van der Waals surface area contributed by atoms with Crippen molar-refractivity contribution in [3.8, 4) is 0 Å². The Morgan fingerprint density at radius 3 is 2.64 bits per heavy atom. The average Bonchev–Trinajstić information content (AvgIpc) is 2.98. The number of nitrogens with one attached hydrogen (secondary N) is 2. The number of thiocarbonyl (C=S) groups is 1. The van der Waals surface area contributed by atoms with E-state index in [9.17, 15) is 0 Å². The molecule has 1 aliphatic carbocycles. The molecule has 1 aromatic heterocycles. The SMILES string of the molecule is S=C(Nc1cccc(Cl)c1)NC1(c2ccccn2)CCCC1. The second-order valence-corrected chi connectivity index (χ2v) is 6.44. The van der Waals surface area contributed by atoms with Crippen LogP contribution in [0.3, 0.4) is 0 Å². The zero-order valence-electron chi connectivity index (χ0n) is 12.2. The van der Waals surface area contributed by atoms with Gasteiger partial charge in [-0.25, -0.2) is 0 Å². The van der Waals surface area contributed by atoms with Crippen LogP contribution in [0, 0.1) is 0 Å². The lowest BCUT2D eigenvalue weighted by Crippen LogP contribution is -2.46. The van der Waals surface area contributed by atoms with Gasteiger partial charge in [-0.15, -0.1) is 0 Å². The first-order valence-electron chi connectivity index (χ1n) is 7.44. The maximum atomic E-state index is 6.01.